The molecule has 0 heterocycles. The van der Waals surface area contributed by atoms with E-state index in [9.17, 15) is 9.59 Å². The van der Waals surface area contributed by atoms with Crippen LogP contribution in [-0.2, 0) is 11.3 Å². The van der Waals surface area contributed by atoms with Crippen molar-refractivity contribution in [2.24, 2.45) is 0 Å². The number of hydrogen-bond acceptors (Lipinski definition) is 4. The number of rotatable bonds is 9. The van der Waals surface area contributed by atoms with Crippen LogP contribution in [0.1, 0.15) is 31.2 Å². The van der Waals surface area contributed by atoms with Gasteiger partial charge in [-0.1, -0.05) is 18.6 Å². The normalized spacial score (nSPS) is 10.0. The topological polar surface area (TPSA) is 93.7 Å². The van der Waals surface area contributed by atoms with Crippen LogP contribution in [0, 0.1) is 0 Å². The molecule has 23 heavy (non-hydrogen) atoms. The van der Waals surface area contributed by atoms with Gasteiger partial charge in [-0.25, -0.2) is 10.3 Å². The van der Waals surface area contributed by atoms with Gasteiger partial charge in [0.1, 0.15) is 0 Å². The van der Waals surface area contributed by atoms with Crippen molar-refractivity contribution in [1.82, 2.24) is 16.1 Å². The second kappa shape index (κ2) is 10.4. The van der Waals surface area contributed by atoms with Crippen molar-refractivity contribution in [3.8, 4) is 0 Å². The highest BCUT2D eigenvalue weighted by Crippen LogP contribution is 2.11. The number of carbonyl (C=O) groups excluding carboxylic acids is 2. The minimum atomic E-state index is -0.379. The number of anilines is 1. The van der Waals surface area contributed by atoms with Gasteiger partial charge in [-0.2, -0.15) is 0 Å². The van der Waals surface area contributed by atoms with E-state index in [2.05, 4.69) is 10.6 Å². The Hall–Kier alpha value is -2.28. The second-order valence-corrected chi connectivity index (χ2v) is 5.52. The van der Waals surface area contributed by atoms with Crippen LogP contribution in [0.15, 0.2) is 24.3 Å². The molecule has 0 spiro atoms. The molecule has 0 bridgehead atoms. The Labute approximate surface area is 137 Å². The van der Waals surface area contributed by atoms with Crippen LogP contribution in [0.25, 0.3) is 0 Å². The Morgan fingerprint density at radius 2 is 1.74 bits per heavy atom. The van der Waals surface area contributed by atoms with Crippen LogP contribution in [0.2, 0.25) is 0 Å². The zero-order valence-electron chi connectivity index (χ0n) is 13.8. The summed E-state index contributed by atoms with van der Waals surface area (Å²) in [6.45, 7) is 1.04. The highest BCUT2D eigenvalue weighted by molar-refractivity contribution is 5.74. The van der Waals surface area contributed by atoms with Crippen molar-refractivity contribution < 1.29 is 14.8 Å². The first-order chi connectivity index (χ1) is 11.0. The van der Waals surface area contributed by atoms with Crippen LogP contribution in [0.4, 0.5) is 10.5 Å². The third-order valence-electron chi connectivity index (χ3n) is 3.40. The zero-order chi connectivity index (χ0) is 17.1. The van der Waals surface area contributed by atoms with Gasteiger partial charge in [-0.05, 0) is 30.5 Å². The number of unbranched alkanes of at least 4 members (excludes halogenated alkanes) is 2. The predicted octanol–water partition coefficient (Wildman–Crippen LogP) is 1.62. The first-order valence-electron chi connectivity index (χ1n) is 7.74. The fourth-order valence-corrected chi connectivity index (χ4v) is 2.00. The van der Waals surface area contributed by atoms with E-state index in [4.69, 9.17) is 5.21 Å². The number of hydroxylamine groups is 1. The summed E-state index contributed by atoms with van der Waals surface area (Å²) in [7, 11) is 3.97. The smallest absolute Gasteiger partial charge is 0.315 e. The van der Waals surface area contributed by atoms with Gasteiger partial charge < -0.3 is 15.5 Å². The maximum absolute atomic E-state index is 11.7. The van der Waals surface area contributed by atoms with Crippen molar-refractivity contribution in [3.63, 3.8) is 0 Å². The minimum absolute atomic E-state index is 0.199. The molecule has 0 aliphatic carbocycles. The molecule has 0 aliphatic rings. The highest BCUT2D eigenvalue weighted by Gasteiger charge is 2.02. The maximum atomic E-state index is 11.7. The van der Waals surface area contributed by atoms with Crippen molar-refractivity contribution >= 4 is 17.6 Å². The van der Waals surface area contributed by atoms with E-state index in [1.165, 1.54) is 0 Å². The van der Waals surface area contributed by atoms with E-state index in [-0.39, 0.29) is 11.9 Å². The Balaban J connectivity index is 2.11. The number of hydrogen-bond donors (Lipinski definition) is 4. The summed E-state index contributed by atoms with van der Waals surface area (Å²) in [6.07, 6.45) is 2.60. The lowest BCUT2D eigenvalue weighted by Gasteiger charge is -2.13. The number of carbonyl (C=O) groups is 2. The summed E-state index contributed by atoms with van der Waals surface area (Å²) in [6, 6.07) is 7.80. The molecule has 0 fully saturated rings. The number of nitrogens with zero attached hydrogens (tertiary/aromatic N) is 1. The molecule has 128 valence electrons. The Kier molecular flexibility index (Phi) is 8.52. The molecule has 0 radical (unpaired) electrons. The van der Waals surface area contributed by atoms with Crippen LogP contribution in [0.5, 0.6) is 0 Å². The summed E-state index contributed by atoms with van der Waals surface area (Å²) in [5.41, 5.74) is 3.76. The fraction of sp³-hybridized carbons (Fsp3) is 0.500. The molecule has 0 saturated heterocycles. The molecule has 0 aliphatic heterocycles. The van der Waals surface area contributed by atoms with E-state index in [1.807, 2.05) is 43.3 Å². The van der Waals surface area contributed by atoms with Gasteiger partial charge in [0.2, 0.25) is 5.91 Å². The largest absolute Gasteiger partial charge is 0.378 e. The summed E-state index contributed by atoms with van der Waals surface area (Å²) in [4.78, 5) is 24.5. The molecule has 7 nitrogen and oxygen atoms in total. The van der Waals surface area contributed by atoms with E-state index in [1.54, 1.807) is 5.48 Å². The molecular weight excluding hydrogens is 296 g/mol. The minimum Gasteiger partial charge on any atom is -0.378 e. The lowest BCUT2D eigenvalue weighted by atomic mass is 10.2. The zero-order valence-corrected chi connectivity index (χ0v) is 13.8. The Bertz CT molecular complexity index is 489. The molecule has 1 aromatic carbocycles. The fourth-order valence-electron chi connectivity index (χ4n) is 2.00. The quantitative estimate of drug-likeness (QED) is 0.316. The second-order valence-electron chi connectivity index (χ2n) is 5.52. The standard InChI is InChI=1S/C16H26N4O3/c1-20(2)14-9-7-13(8-10-14)12-18-16(22)17-11-5-3-4-6-15(21)19-23/h7-10,23H,3-6,11-12H2,1-2H3,(H,19,21)(H2,17,18,22). The summed E-state index contributed by atoms with van der Waals surface area (Å²) >= 11 is 0. The first-order valence-corrected chi connectivity index (χ1v) is 7.74. The third kappa shape index (κ3) is 8.06. The molecule has 0 unspecified atom stereocenters. The van der Waals surface area contributed by atoms with Gasteiger partial charge in [-0.15, -0.1) is 0 Å². The van der Waals surface area contributed by atoms with E-state index in [0.29, 0.717) is 25.9 Å². The molecule has 0 atom stereocenters. The third-order valence-corrected chi connectivity index (χ3v) is 3.40. The van der Waals surface area contributed by atoms with Crippen LogP contribution >= 0.6 is 0 Å². The average molecular weight is 322 g/mol. The van der Waals surface area contributed by atoms with Crippen molar-refractivity contribution in [1.29, 1.82) is 0 Å². The molecule has 3 amide bonds. The van der Waals surface area contributed by atoms with Crippen LogP contribution in [-0.4, -0.2) is 37.8 Å². The molecule has 0 aromatic heterocycles. The van der Waals surface area contributed by atoms with Gasteiger partial charge in [0.25, 0.3) is 0 Å². The van der Waals surface area contributed by atoms with E-state index in [0.717, 1.165) is 24.1 Å². The molecule has 7 heteroatoms. The van der Waals surface area contributed by atoms with Gasteiger partial charge >= 0.3 is 6.03 Å². The number of amides is 3. The van der Waals surface area contributed by atoms with Crippen LogP contribution < -0.4 is 21.0 Å². The highest BCUT2D eigenvalue weighted by atomic mass is 16.5. The van der Waals surface area contributed by atoms with E-state index < -0.39 is 0 Å². The lowest BCUT2D eigenvalue weighted by molar-refractivity contribution is -0.129. The van der Waals surface area contributed by atoms with Gasteiger partial charge in [0.05, 0.1) is 0 Å². The Morgan fingerprint density at radius 3 is 2.35 bits per heavy atom. The monoisotopic (exact) mass is 322 g/mol. The molecule has 1 rings (SSSR count). The number of urea groups is 1. The van der Waals surface area contributed by atoms with Crippen molar-refractivity contribution in [2.45, 2.75) is 32.2 Å². The van der Waals surface area contributed by atoms with Crippen LogP contribution in [0.3, 0.4) is 0 Å². The number of nitrogens with one attached hydrogen (secondary N) is 3. The molecule has 0 saturated carbocycles. The van der Waals surface area contributed by atoms with Gasteiger partial charge in [-0.3, -0.25) is 10.0 Å². The average Bonchev–Trinajstić information content (AvgIpc) is 2.56. The summed E-state index contributed by atoms with van der Waals surface area (Å²) < 4.78 is 0. The summed E-state index contributed by atoms with van der Waals surface area (Å²) in [5.74, 6) is -0.379. The number of benzene rings is 1. The molecule has 1 aromatic rings. The first kappa shape index (κ1) is 18.8. The SMILES string of the molecule is CN(C)c1ccc(CNC(=O)NCCCCCC(=O)NO)cc1. The predicted molar refractivity (Wildman–Crippen MR) is 89.4 cm³/mol. The summed E-state index contributed by atoms with van der Waals surface area (Å²) in [5, 5.41) is 13.9. The van der Waals surface area contributed by atoms with Gasteiger partial charge in [0.15, 0.2) is 0 Å². The van der Waals surface area contributed by atoms with Crippen molar-refractivity contribution in [2.75, 3.05) is 25.5 Å². The molecular formula is C16H26N4O3. The molecule has 4 N–H and O–H groups in total. The van der Waals surface area contributed by atoms with Crippen molar-refractivity contribution in [3.05, 3.63) is 29.8 Å². The Morgan fingerprint density at radius 1 is 1.04 bits per heavy atom. The lowest BCUT2D eigenvalue weighted by Crippen LogP contribution is -2.35. The van der Waals surface area contributed by atoms with Gasteiger partial charge in [0, 0.05) is 39.3 Å². The maximum Gasteiger partial charge on any atom is 0.315 e. The van der Waals surface area contributed by atoms with E-state index >= 15 is 0 Å².